The van der Waals surface area contributed by atoms with Gasteiger partial charge < -0.3 is 15.1 Å². The van der Waals surface area contributed by atoms with Crippen LogP contribution in [-0.4, -0.2) is 46.1 Å². The molecule has 0 aliphatic rings. The third-order valence-corrected chi connectivity index (χ3v) is 1.93. The number of hydrogen-bond acceptors (Lipinski definition) is 4. The number of rotatable bonds is 4. The van der Waals surface area contributed by atoms with Crippen LogP contribution in [0, 0.1) is 0 Å². The first-order valence-electron chi connectivity index (χ1n) is 4.73. The van der Waals surface area contributed by atoms with E-state index in [-0.39, 0.29) is 16.8 Å². The fraction of sp³-hybridized carbons (Fsp3) is 0.182. The molecule has 1 heterocycles. The van der Waals surface area contributed by atoms with Crippen LogP contribution in [0.25, 0.3) is 6.08 Å². The van der Waals surface area contributed by atoms with Crippen molar-refractivity contribution in [2.24, 2.45) is 0 Å². The normalized spacial score (nSPS) is 10.5. The molecule has 0 aromatic carbocycles. The summed E-state index contributed by atoms with van der Waals surface area (Å²) in [6.45, 7) is 0. The average molecular weight is 236 g/mol. The molecular weight excluding hydrogens is 224 g/mol. The molecule has 0 spiro atoms. The molecule has 0 aliphatic heterocycles. The second-order valence-corrected chi connectivity index (χ2v) is 3.55. The minimum atomic E-state index is -1.21. The fourth-order valence-corrected chi connectivity index (χ4v) is 1.12. The number of hydrogen-bond donors (Lipinski definition) is 2. The minimum absolute atomic E-state index is 0.136. The molecule has 6 nitrogen and oxygen atoms in total. The Hall–Kier alpha value is -2.37. The van der Waals surface area contributed by atoms with Crippen molar-refractivity contribution >= 4 is 18.0 Å². The summed E-state index contributed by atoms with van der Waals surface area (Å²) in [5.74, 6) is -2.41. The van der Waals surface area contributed by atoms with Crippen molar-refractivity contribution in [1.82, 2.24) is 9.88 Å². The average Bonchev–Trinajstić information content (AvgIpc) is 2.25. The second kappa shape index (κ2) is 5.11. The Balaban J connectivity index is 3.22. The van der Waals surface area contributed by atoms with Crippen molar-refractivity contribution in [2.45, 2.75) is 0 Å². The molecule has 0 atom stereocenters. The highest BCUT2D eigenvalue weighted by molar-refractivity contribution is 5.95. The summed E-state index contributed by atoms with van der Waals surface area (Å²) in [4.78, 5) is 27.2. The number of carbonyl (C=O) groups is 2. The Morgan fingerprint density at radius 2 is 1.94 bits per heavy atom. The summed E-state index contributed by atoms with van der Waals surface area (Å²) in [5.41, 5.74) is -0.0661. The molecule has 1 rings (SSSR count). The number of nitrogens with zero attached hydrogens (tertiary/aromatic N) is 2. The van der Waals surface area contributed by atoms with Gasteiger partial charge in [-0.1, -0.05) is 0 Å². The van der Waals surface area contributed by atoms with E-state index in [1.54, 1.807) is 25.2 Å². The Bertz CT molecular complexity index is 480. The lowest BCUT2D eigenvalue weighted by Gasteiger charge is -2.05. The number of aromatic nitrogens is 1. The van der Waals surface area contributed by atoms with Crippen molar-refractivity contribution in [3.8, 4) is 0 Å². The highest BCUT2D eigenvalue weighted by Gasteiger charge is 2.13. The summed E-state index contributed by atoms with van der Waals surface area (Å²) < 4.78 is 0. The zero-order valence-corrected chi connectivity index (χ0v) is 9.41. The van der Waals surface area contributed by atoms with Gasteiger partial charge in [-0.3, -0.25) is 4.98 Å². The molecule has 1 aromatic heterocycles. The Morgan fingerprint density at radius 3 is 2.41 bits per heavy atom. The topological polar surface area (TPSA) is 90.7 Å². The van der Waals surface area contributed by atoms with Gasteiger partial charge in [0.05, 0.1) is 16.8 Å². The van der Waals surface area contributed by atoms with Crippen LogP contribution in [0.4, 0.5) is 0 Å². The summed E-state index contributed by atoms with van der Waals surface area (Å²) in [6.07, 6.45) is 4.27. The molecule has 0 saturated carbocycles. The smallest absolute Gasteiger partial charge is 0.337 e. The number of pyridine rings is 1. The third kappa shape index (κ3) is 3.30. The fourth-order valence-electron chi connectivity index (χ4n) is 1.12. The van der Waals surface area contributed by atoms with E-state index >= 15 is 0 Å². The van der Waals surface area contributed by atoms with E-state index in [0.29, 0.717) is 0 Å². The first-order valence-corrected chi connectivity index (χ1v) is 4.73. The van der Waals surface area contributed by atoms with Gasteiger partial charge in [-0.05, 0) is 12.1 Å². The molecule has 1 aromatic rings. The third-order valence-electron chi connectivity index (χ3n) is 1.93. The van der Waals surface area contributed by atoms with Crippen molar-refractivity contribution in [2.75, 3.05) is 14.1 Å². The van der Waals surface area contributed by atoms with Crippen molar-refractivity contribution in [1.29, 1.82) is 0 Å². The highest BCUT2D eigenvalue weighted by Crippen LogP contribution is 2.11. The molecule has 0 unspecified atom stereocenters. The molecule has 0 radical (unpaired) electrons. The van der Waals surface area contributed by atoms with Crippen LogP contribution < -0.4 is 0 Å². The van der Waals surface area contributed by atoms with E-state index in [9.17, 15) is 9.59 Å². The van der Waals surface area contributed by atoms with Crippen LogP contribution in [0.3, 0.4) is 0 Å². The molecule has 0 amide bonds. The Morgan fingerprint density at radius 1 is 1.29 bits per heavy atom. The van der Waals surface area contributed by atoms with Gasteiger partial charge in [-0.25, -0.2) is 9.59 Å². The number of carboxylic acids is 2. The van der Waals surface area contributed by atoms with Crippen LogP contribution in [-0.2, 0) is 0 Å². The maximum atomic E-state index is 11.0. The molecule has 2 N–H and O–H groups in total. The van der Waals surface area contributed by atoms with E-state index < -0.39 is 11.9 Å². The van der Waals surface area contributed by atoms with E-state index in [1.165, 1.54) is 6.08 Å². The molecule has 0 fully saturated rings. The summed E-state index contributed by atoms with van der Waals surface area (Å²) in [5, 5.41) is 17.7. The van der Waals surface area contributed by atoms with E-state index in [0.717, 1.165) is 12.3 Å². The molecule has 90 valence electrons. The summed E-state index contributed by atoms with van der Waals surface area (Å²) in [7, 11) is 3.56. The van der Waals surface area contributed by atoms with Crippen molar-refractivity contribution < 1.29 is 19.8 Å². The quantitative estimate of drug-likeness (QED) is 0.810. The van der Waals surface area contributed by atoms with Crippen LogP contribution in [0.15, 0.2) is 18.5 Å². The predicted octanol–water partition coefficient (Wildman–Crippen LogP) is 1.01. The monoisotopic (exact) mass is 236 g/mol. The molecule has 6 heteroatoms. The lowest BCUT2D eigenvalue weighted by molar-refractivity contribution is 0.0695. The van der Waals surface area contributed by atoms with Crippen LogP contribution >= 0.6 is 0 Å². The van der Waals surface area contributed by atoms with Gasteiger partial charge in [0, 0.05) is 26.5 Å². The molecule has 0 bridgehead atoms. The lowest BCUT2D eigenvalue weighted by atomic mass is 10.1. The largest absolute Gasteiger partial charge is 0.478 e. The van der Waals surface area contributed by atoms with Gasteiger partial charge in [0.1, 0.15) is 0 Å². The van der Waals surface area contributed by atoms with Crippen LogP contribution in [0.2, 0.25) is 0 Å². The van der Waals surface area contributed by atoms with Gasteiger partial charge in [0.15, 0.2) is 0 Å². The first-order chi connectivity index (χ1) is 7.91. The van der Waals surface area contributed by atoms with Gasteiger partial charge in [0.2, 0.25) is 0 Å². The van der Waals surface area contributed by atoms with Gasteiger partial charge in [0.25, 0.3) is 0 Å². The van der Waals surface area contributed by atoms with Crippen molar-refractivity contribution in [3.63, 3.8) is 0 Å². The summed E-state index contributed by atoms with van der Waals surface area (Å²) >= 11 is 0. The zero-order chi connectivity index (χ0) is 13.0. The minimum Gasteiger partial charge on any atom is -0.478 e. The predicted molar refractivity (Wildman–Crippen MR) is 60.9 cm³/mol. The van der Waals surface area contributed by atoms with Crippen LogP contribution in [0.5, 0.6) is 0 Å². The molecule has 17 heavy (non-hydrogen) atoms. The molecular formula is C11H12N2O4. The summed E-state index contributed by atoms with van der Waals surface area (Å²) in [6, 6.07) is 1.09. The van der Waals surface area contributed by atoms with Crippen LogP contribution in [0.1, 0.15) is 26.4 Å². The first kappa shape index (κ1) is 12.7. The number of aromatic carboxylic acids is 2. The molecule has 0 saturated heterocycles. The van der Waals surface area contributed by atoms with Crippen molar-refractivity contribution in [3.05, 3.63) is 35.3 Å². The van der Waals surface area contributed by atoms with Gasteiger partial charge in [-0.15, -0.1) is 0 Å². The van der Waals surface area contributed by atoms with E-state index in [2.05, 4.69) is 4.98 Å². The highest BCUT2D eigenvalue weighted by atomic mass is 16.4. The zero-order valence-electron chi connectivity index (χ0n) is 9.41. The SMILES string of the molecule is CN(C)C=Cc1ncc(C(=O)O)cc1C(=O)O. The second-order valence-electron chi connectivity index (χ2n) is 3.55. The Labute approximate surface area is 97.8 Å². The van der Waals surface area contributed by atoms with Gasteiger partial charge >= 0.3 is 11.9 Å². The van der Waals surface area contributed by atoms with E-state index in [1.807, 2.05) is 0 Å². The Kier molecular flexibility index (Phi) is 3.82. The lowest BCUT2D eigenvalue weighted by Crippen LogP contribution is -2.07. The van der Waals surface area contributed by atoms with E-state index in [4.69, 9.17) is 10.2 Å². The van der Waals surface area contributed by atoms with Gasteiger partial charge in [-0.2, -0.15) is 0 Å². The number of carboxylic acid groups (broad SMARTS) is 2. The standard InChI is InChI=1S/C11H12N2O4/c1-13(2)4-3-9-8(11(16)17)5-7(6-12-9)10(14)15/h3-6H,1-2H3,(H,14,15)(H,16,17). The maximum absolute atomic E-state index is 11.0. The maximum Gasteiger partial charge on any atom is 0.337 e. The molecule has 0 aliphatic carbocycles.